The monoisotopic (exact) mass is 343 g/mol. The number of likely N-dealkylation sites (tertiary alicyclic amines) is 1. The second kappa shape index (κ2) is 7.04. The van der Waals surface area contributed by atoms with Gasteiger partial charge in [-0.25, -0.2) is 9.48 Å². The average molecular weight is 343 g/mol. The molecule has 0 saturated carbocycles. The van der Waals surface area contributed by atoms with E-state index in [4.69, 9.17) is 4.74 Å². The van der Waals surface area contributed by atoms with E-state index in [1.807, 2.05) is 6.92 Å². The number of piperidine rings is 1. The highest BCUT2D eigenvalue weighted by Gasteiger charge is 2.25. The second-order valence-electron chi connectivity index (χ2n) is 6.33. The number of ether oxygens (including phenoxy) is 1. The summed E-state index contributed by atoms with van der Waals surface area (Å²) in [5.74, 6) is -0.903. The zero-order valence-corrected chi connectivity index (χ0v) is 14.4. The van der Waals surface area contributed by atoms with Crippen LogP contribution < -0.4 is 5.56 Å². The molecule has 0 N–H and O–H groups in total. The smallest absolute Gasteiger partial charge is 0.359 e. The standard InChI is InChI=1S/C18H21N3O4/c1-12-7-5-6-10-21(12)15(22)11-25-18(24)16-13-8-3-4-9-14(13)17(23)20(2)19-16/h3-4,8-9,12H,5-7,10-11H2,1-2H3/t12-/m1/s1. The molecule has 0 aliphatic carbocycles. The van der Waals surface area contributed by atoms with Crippen molar-refractivity contribution in [2.45, 2.75) is 32.2 Å². The Bertz CT molecular complexity index is 874. The van der Waals surface area contributed by atoms with Crippen molar-refractivity contribution in [2.75, 3.05) is 13.2 Å². The van der Waals surface area contributed by atoms with Crippen LogP contribution in [0, 0.1) is 0 Å². The normalized spacial score (nSPS) is 17.5. The fourth-order valence-corrected chi connectivity index (χ4v) is 3.20. The molecule has 2 aromatic rings. The largest absolute Gasteiger partial charge is 0.451 e. The summed E-state index contributed by atoms with van der Waals surface area (Å²) in [6, 6.07) is 6.89. The summed E-state index contributed by atoms with van der Waals surface area (Å²) in [4.78, 5) is 38.6. The van der Waals surface area contributed by atoms with E-state index >= 15 is 0 Å². The summed E-state index contributed by atoms with van der Waals surface area (Å²) in [6.07, 6.45) is 3.04. The number of carbonyl (C=O) groups excluding carboxylic acids is 2. The number of rotatable bonds is 3. The van der Waals surface area contributed by atoms with Crippen molar-refractivity contribution in [2.24, 2.45) is 7.05 Å². The molecule has 1 saturated heterocycles. The van der Waals surface area contributed by atoms with Gasteiger partial charge in [0.25, 0.3) is 11.5 Å². The van der Waals surface area contributed by atoms with E-state index in [1.54, 1.807) is 29.2 Å². The number of esters is 1. The van der Waals surface area contributed by atoms with Gasteiger partial charge in [0.2, 0.25) is 0 Å². The second-order valence-corrected chi connectivity index (χ2v) is 6.33. The summed E-state index contributed by atoms with van der Waals surface area (Å²) in [6.45, 7) is 2.38. The number of amides is 1. The molecule has 1 aromatic heterocycles. The molecule has 1 aromatic carbocycles. The van der Waals surface area contributed by atoms with Gasteiger partial charge in [-0.15, -0.1) is 0 Å². The van der Waals surface area contributed by atoms with Gasteiger partial charge in [0.05, 0.1) is 5.39 Å². The van der Waals surface area contributed by atoms with Crippen molar-refractivity contribution in [3.63, 3.8) is 0 Å². The highest BCUT2D eigenvalue weighted by Crippen LogP contribution is 2.17. The molecule has 7 heteroatoms. The number of hydrogen-bond donors (Lipinski definition) is 0. The predicted molar refractivity (Wildman–Crippen MR) is 92.3 cm³/mol. The highest BCUT2D eigenvalue weighted by molar-refractivity contribution is 6.02. The zero-order valence-electron chi connectivity index (χ0n) is 14.4. The molecule has 7 nitrogen and oxygen atoms in total. The van der Waals surface area contributed by atoms with Crippen LogP contribution >= 0.6 is 0 Å². The summed E-state index contributed by atoms with van der Waals surface area (Å²) in [5.41, 5.74) is -0.248. The lowest BCUT2D eigenvalue weighted by Gasteiger charge is -2.33. The van der Waals surface area contributed by atoms with Crippen LogP contribution in [-0.2, 0) is 16.6 Å². The van der Waals surface area contributed by atoms with Crippen LogP contribution in [0.2, 0.25) is 0 Å². The Hall–Kier alpha value is -2.70. The molecule has 132 valence electrons. The van der Waals surface area contributed by atoms with E-state index < -0.39 is 5.97 Å². The maximum absolute atomic E-state index is 12.4. The van der Waals surface area contributed by atoms with Crippen molar-refractivity contribution in [3.8, 4) is 0 Å². The lowest BCUT2D eigenvalue weighted by Crippen LogP contribution is -2.44. The first-order valence-electron chi connectivity index (χ1n) is 8.41. The van der Waals surface area contributed by atoms with E-state index in [0.717, 1.165) is 23.9 Å². The Morgan fingerprint density at radius 2 is 1.96 bits per heavy atom. The third kappa shape index (κ3) is 3.40. The van der Waals surface area contributed by atoms with Crippen molar-refractivity contribution in [1.29, 1.82) is 0 Å². The van der Waals surface area contributed by atoms with Gasteiger partial charge in [0, 0.05) is 25.0 Å². The molecule has 0 bridgehead atoms. The Labute approximate surface area is 145 Å². The van der Waals surface area contributed by atoms with E-state index in [0.29, 0.717) is 17.3 Å². The van der Waals surface area contributed by atoms with Gasteiger partial charge in [0.1, 0.15) is 0 Å². The van der Waals surface area contributed by atoms with Crippen LogP contribution in [0.3, 0.4) is 0 Å². The minimum Gasteiger partial charge on any atom is -0.451 e. The Balaban J connectivity index is 1.78. The molecule has 1 aliphatic heterocycles. The molecule has 1 amide bonds. The fourth-order valence-electron chi connectivity index (χ4n) is 3.20. The van der Waals surface area contributed by atoms with Gasteiger partial charge in [-0.05, 0) is 32.3 Å². The first kappa shape index (κ1) is 17.1. The van der Waals surface area contributed by atoms with E-state index in [1.165, 1.54) is 7.05 Å². The topological polar surface area (TPSA) is 81.5 Å². The van der Waals surface area contributed by atoms with Crippen molar-refractivity contribution in [3.05, 3.63) is 40.3 Å². The molecule has 1 fully saturated rings. The van der Waals surface area contributed by atoms with E-state index in [9.17, 15) is 14.4 Å². The van der Waals surface area contributed by atoms with Gasteiger partial charge in [0.15, 0.2) is 12.3 Å². The predicted octanol–water partition coefficient (Wildman–Crippen LogP) is 1.49. The van der Waals surface area contributed by atoms with Gasteiger partial charge in [-0.1, -0.05) is 18.2 Å². The minimum atomic E-state index is -0.704. The molecular formula is C18H21N3O4. The summed E-state index contributed by atoms with van der Waals surface area (Å²) in [7, 11) is 1.48. The molecular weight excluding hydrogens is 322 g/mol. The number of nitrogens with zero attached hydrogens (tertiary/aromatic N) is 3. The highest BCUT2D eigenvalue weighted by atomic mass is 16.5. The molecule has 0 radical (unpaired) electrons. The molecule has 1 atom stereocenters. The van der Waals surface area contributed by atoms with Crippen LogP contribution in [0.4, 0.5) is 0 Å². The maximum Gasteiger partial charge on any atom is 0.359 e. The first-order chi connectivity index (χ1) is 12.0. The van der Waals surface area contributed by atoms with Crippen molar-refractivity contribution in [1.82, 2.24) is 14.7 Å². The zero-order chi connectivity index (χ0) is 18.0. The van der Waals surface area contributed by atoms with Crippen LogP contribution in [0.5, 0.6) is 0 Å². The Morgan fingerprint density at radius 1 is 1.24 bits per heavy atom. The quantitative estimate of drug-likeness (QED) is 0.789. The van der Waals surface area contributed by atoms with E-state index in [-0.39, 0.29) is 29.8 Å². The van der Waals surface area contributed by atoms with Gasteiger partial charge >= 0.3 is 5.97 Å². The number of fused-ring (bicyclic) bond motifs is 1. The van der Waals surface area contributed by atoms with Crippen molar-refractivity contribution >= 4 is 22.6 Å². The fraction of sp³-hybridized carbons (Fsp3) is 0.444. The Kier molecular flexibility index (Phi) is 4.83. The summed E-state index contributed by atoms with van der Waals surface area (Å²) >= 11 is 0. The van der Waals surface area contributed by atoms with Gasteiger partial charge in [-0.3, -0.25) is 9.59 Å². The lowest BCUT2D eigenvalue weighted by atomic mass is 10.0. The number of aromatic nitrogens is 2. The third-order valence-electron chi connectivity index (χ3n) is 4.60. The molecule has 2 heterocycles. The molecule has 25 heavy (non-hydrogen) atoms. The number of hydrogen-bond acceptors (Lipinski definition) is 5. The Morgan fingerprint density at radius 3 is 2.68 bits per heavy atom. The summed E-state index contributed by atoms with van der Waals surface area (Å²) < 4.78 is 6.29. The summed E-state index contributed by atoms with van der Waals surface area (Å²) in [5, 5.41) is 4.83. The molecule has 0 spiro atoms. The SMILES string of the molecule is C[C@@H]1CCCCN1C(=O)COC(=O)c1nn(C)c(=O)c2ccccc12. The van der Waals surface area contributed by atoms with Crippen LogP contribution in [0.15, 0.2) is 29.1 Å². The van der Waals surface area contributed by atoms with Crippen molar-refractivity contribution < 1.29 is 14.3 Å². The minimum absolute atomic E-state index is 0.0391. The lowest BCUT2D eigenvalue weighted by molar-refractivity contribution is -0.137. The van der Waals surface area contributed by atoms with Gasteiger partial charge < -0.3 is 9.64 Å². The van der Waals surface area contributed by atoms with Crippen LogP contribution in [0.1, 0.15) is 36.7 Å². The number of aryl methyl sites for hydroxylation is 1. The molecule has 3 rings (SSSR count). The molecule has 0 unspecified atom stereocenters. The van der Waals surface area contributed by atoms with E-state index in [2.05, 4.69) is 5.10 Å². The van der Waals surface area contributed by atoms with Crippen LogP contribution in [0.25, 0.3) is 10.8 Å². The maximum atomic E-state index is 12.4. The van der Waals surface area contributed by atoms with Gasteiger partial charge in [-0.2, -0.15) is 5.10 Å². The van der Waals surface area contributed by atoms with Crippen LogP contribution in [-0.4, -0.2) is 45.8 Å². The number of benzene rings is 1. The average Bonchev–Trinajstić information content (AvgIpc) is 2.63. The first-order valence-corrected chi connectivity index (χ1v) is 8.41. The third-order valence-corrected chi connectivity index (χ3v) is 4.60. The molecule has 1 aliphatic rings. The number of carbonyl (C=O) groups is 2.